The van der Waals surface area contributed by atoms with E-state index in [1.54, 1.807) is 12.3 Å². The fraction of sp³-hybridized carbons (Fsp3) is 0. The van der Waals surface area contributed by atoms with Gasteiger partial charge < -0.3 is 10.6 Å². The number of hydrogen-bond acceptors (Lipinski definition) is 3. The second-order valence-corrected chi connectivity index (χ2v) is 5.94. The lowest BCUT2D eigenvalue weighted by molar-refractivity contribution is 0.102. The third-order valence-corrected chi connectivity index (χ3v) is 3.77. The van der Waals surface area contributed by atoms with E-state index in [1.165, 1.54) is 24.3 Å². The average Bonchev–Trinajstić information content (AvgIpc) is 2.59. The molecule has 0 bridgehead atoms. The molecule has 3 aromatic rings. The van der Waals surface area contributed by atoms with E-state index in [1.807, 2.05) is 30.3 Å². The van der Waals surface area contributed by atoms with Crippen molar-refractivity contribution in [3.05, 3.63) is 82.7 Å². The Balaban J connectivity index is 1.64. The molecular weight excluding hydrogens is 373 g/mol. The summed E-state index contributed by atoms with van der Waals surface area (Å²) >= 11 is 3.39. The quantitative estimate of drug-likeness (QED) is 0.665. The molecule has 0 radical (unpaired) electrons. The Kier molecular flexibility index (Phi) is 4.86. The maximum atomic E-state index is 12.9. The summed E-state index contributed by atoms with van der Waals surface area (Å²) < 4.78 is 13.9. The summed E-state index contributed by atoms with van der Waals surface area (Å²) in [4.78, 5) is 16.2. The van der Waals surface area contributed by atoms with E-state index in [0.717, 1.165) is 15.8 Å². The smallest absolute Gasteiger partial charge is 0.256 e. The van der Waals surface area contributed by atoms with Crippen LogP contribution in [0.25, 0.3) is 0 Å². The Morgan fingerprint density at radius 2 is 1.58 bits per heavy atom. The molecule has 1 amide bonds. The summed E-state index contributed by atoms with van der Waals surface area (Å²) in [6.07, 6.45) is 1.63. The van der Waals surface area contributed by atoms with Crippen LogP contribution in [-0.4, -0.2) is 10.9 Å². The summed E-state index contributed by atoms with van der Waals surface area (Å²) in [7, 11) is 0. The molecule has 2 N–H and O–H groups in total. The summed E-state index contributed by atoms with van der Waals surface area (Å²) in [6, 6.07) is 16.6. The molecule has 0 fully saturated rings. The molecule has 0 aliphatic heterocycles. The van der Waals surface area contributed by atoms with Crippen molar-refractivity contribution in [1.29, 1.82) is 0 Å². The lowest BCUT2D eigenvalue weighted by Gasteiger charge is -2.08. The number of amides is 1. The molecule has 0 unspecified atom stereocenters. The van der Waals surface area contributed by atoms with Crippen molar-refractivity contribution >= 4 is 39.0 Å². The number of nitrogens with zero attached hydrogens (tertiary/aromatic N) is 1. The summed E-state index contributed by atoms with van der Waals surface area (Å²) in [6.45, 7) is 0. The van der Waals surface area contributed by atoms with Gasteiger partial charge in [0.25, 0.3) is 5.91 Å². The van der Waals surface area contributed by atoms with Crippen LogP contribution in [0.2, 0.25) is 0 Å². The van der Waals surface area contributed by atoms with Gasteiger partial charge in [-0.05, 0) is 60.7 Å². The molecule has 4 nitrogen and oxygen atoms in total. The first-order chi connectivity index (χ1) is 11.6. The molecule has 0 saturated carbocycles. The number of benzene rings is 2. The molecule has 24 heavy (non-hydrogen) atoms. The van der Waals surface area contributed by atoms with Gasteiger partial charge in [-0.25, -0.2) is 9.37 Å². The highest BCUT2D eigenvalue weighted by molar-refractivity contribution is 9.10. The van der Waals surface area contributed by atoms with Crippen molar-refractivity contribution in [3.63, 3.8) is 0 Å². The van der Waals surface area contributed by atoms with Crippen LogP contribution in [0.4, 0.5) is 21.6 Å². The van der Waals surface area contributed by atoms with Crippen molar-refractivity contribution < 1.29 is 9.18 Å². The standard InChI is InChI=1S/C18H13BrFN3O/c19-13-3-7-15(8-4-13)22-16-9-10-17(21-11-16)23-18(24)12-1-5-14(20)6-2-12/h1-11,22H,(H,21,23,24). The van der Waals surface area contributed by atoms with Crippen LogP contribution in [0.1, 0.15) is 10.4 Å². The van der Waals surface area contributed by atoms with Gasteiger partial charge in [-0.15, -0.1) is 0 Å². The van der Waals surface area contributed by atoms with E-state index in [2.05, 4.69) is 31.5 Å². The minimum atomic E-state index is -0.381. The molecule has 1 heterocycles. The van der Waals surface area contributed by atoms with Crippen LogP contribution < -0.4 is 10.6 Å². The van der Waals surface area contributed by atoms with Gasteiger partial charge in [0, 0.05) is 15.7 Å². The molecule has 0 aliphatic rings. The van der Waals surface area contributed by atoms with Crippen LogP contribution >= 0.6 is 15.9 Å². The van der Waals surface area contributed by atoms with E-state index in [-0.39, 0.29) is 11.7 Å². The Labute approximate surface area is 146 Å². The first-order valence-electron chi connectivity index (χ1n) is 7.16. The zero-order valence-corrected chi connectivity index (χ0v) is 14.0. The molecular formula is C18H13BrFN3O. The van der Waals surface area contributed by atoms with Gasteiger partial charge in [0.15, 0.2) is 0 Å². The van der Waals surface area contributed by atoms with Crippen molar-refractivity contribution in [2.45, 2.75) is 0 Å². The Morgan fingerprint density at radius 1 is 0.917 bits per heavy atom. The van der Waals surface area contributed by atoms with Crippen LogP contribution in [0, 0.1) is 5.82 Å². The van der Waals surface area contributed by atoms with Gasteiger partial charge in [-0.3, -0.25) is 4.79 Å². The fourth-order valence-electron chi connectivity index (χ4n) is 2.03. The first-order valence-corrected chi connectivity index (χ1v) is 7.95. The summed E-state index contributed by atoms with van der Waals surface area (Å²) in [5.41, 5.74) is 2.11. The maximum absolute atomic E-state index is 12.9. The molecule has 2 aromatic carbocycles. The normalized spacial score (nSPS) is 10.2. The number of pyridine rings is 1. The zero-order chi connectivity index (χ0) is 16.9. The zero-order valence-electron chi connectivity index (χ0n) is 12.5. The van der Waals surface area contributed by atoms with E-state index < -0.39 is 0 Å². The SMILES string of the molecule is O=C(Nc1ccc(Nc2ccc(Br)cc2)cn1)c1ccc(F)cc1. The van der Waals surface area contributed by atoms with E-state index in [9.17, 15) is 9.18 Å². The number of rotatable bonds is 4. The summed E-state index contributed by atoms with van der Waals surface area (Å²) in [5.74, 6) is -0.296. The predicted octanol–water partition coefficient (Wildman–Crippen LogP) is 4.98. The maximum Gasteiger partial charge on any atom is 0.256 e. The minimum absolute atomic E-state index is 0.337. The molecule has 0 atom stereocenters. The highest BCUT2D eigenvalue weighted by atomic mass is 79.9. The number of carbonyl (C=O) groups is 1. The van der Waals surface area contributed by atoms with E-state index in [0.29, 0.717) is 11.4 Å². The number of carbonyl (C=O) groups excluding carboxylic acids is 1. The van der Waals surface area contributed by atoms with Crippen molar-refractivity contribution in [2.75, 3.05) is 10.6 Å². The third-order valence-electron chi connectivity index (χ3n) is 3.24. The van der Waals surface area contributed by atoms with Crippen molar-refractivity contribution in [1.82, 2.24) is 4.98 Å². The molecule has 1 aromatic heterocycles. The second kappa shape index (κ2) is 7.23. The highest BCUT2D eigenvalue weighted by Crippen LogP contribution is 2.19. The van der Waals surface area contributed by atoms with Crippen LogP contribution in [0.3, 0.4) is 0 Å². The van der Waals surface area contributed by atoms with Gasteiger partial charge in [-0.2, -0.15) is 0 Å². The lowest BCUT2D eigenvalue weighted by Crippen LogP contribution is -2.12. The lowest BCUT2D eigenvalue weighted by atomic mass is 10.2. The third kappa shape index (κ3) is 4.17. The van der Waals surface area contributed by atoms with Crippen molar-refractivity contribution in [2.24, 2.45) is 0 Å². The Bertz CT molecular complexity index is 834. The second-order valence-electron chi connectivity index (χ2n) is 5.03. The van der Waals surface area contributed by atoms with Gasteiger partial charge in [0.05, 0.1) is 11.9 Å². The monoisotopic (exact) mass is 385 g/mol. The van der Waals surface area contributed by atoms with E-state index in [4.69, 9.17) is 0 Å². The predicted molar refractivity (Wildman–Crippen MR) is 96.0 cm³/mol. The molecule has 0 aliphatic carbocycles. The number of hydrogen-bond donors (Lipinski definition) is 2. The van der Waals surface area contributed by atoms with Gasteiger partial charge >= 0.3 is 0 Å². The van der Waals surface area contributed by atoms with Gasteiger partial charge in [0.1, 0.15) is 11.6 Å². The van der Waals surface area contributed by atoms with Crippen molar-refractivity contribution in [3.8, 4) is 0 Å². The van der Waals surface area contributed by atoms with Crippen LogP contribution in [0.5, 0.6) is 0 Å². The molecule has 120 valence electrons. The number of aromatic nitrogens is 1. The highest BCUT2D eigenvalue weighted by Gasteiger charge is 2.07. The molecule has 3 rings (SSSR count). The topological polar surface area (TPSA) is 54.0 Å². The summed E-state index contributed by atoms with van der Waals surface area (Å²) in [5, 5.41) is 5.88. The first kappa shape index (κ1) is 16.1. The van der Waals surface area contributed by atoms with Crippen LogP contribution in [-0.2, 0) is 0 Å². The van der Waals surface area contributed by atoms with Gasteiger partial charge in [-0.1, -0.05) is 15.9 Å². The molecule has 6 heteroatoms. The van der Waals surface area contributed by atoms with E-state index >= 15 is 0 Å². The number of anilines is 3. The molecule has 0 saturated heterocycles. The number of nitrogens with one attached hydrogen (secondary N) is 2. The molecule has 0 spiro atoms. The Morgan fingerprint density at radius 3 is 2.21 bits per heavy atom. The Hall–Kier alpha value is -2.73. The average molecular weight is 386 g/mol. The van der Waals surface area contributed by atoms with Gasteiger partial charge in [0.2, 0.25) is 0 Å². The number of halogens is 2. The fourth-order valence-corrected chi connectivity index (χ4v) is 2.30. The minimum Gasteiger partial charge on any atom is -0.354 e. The van der Waals surface area contributed by atoms with Crippen LogP contribution in [0.15, 0.2) is 71.3 Å². The largest absolute Gasteiger partial charge is 0.354 e.